The molecule has 1 saturated heterocycles. The summed E-state index contributed by atoms with van der Waals surface area (Å²) in [6.45, 7) is 8.26. The van der Waals surface area contributed by atoms with Crippen molar-refractivity contribution in [1.82, 2.24) is 24.6 Å². The molecule has 0 aliphatic carbocycles. The van der Waals surface area contributed by atoms with Crippen LogP contribution in [0.4, 0.5) is 5.95 Å². The molecule has 21 heavy (non-hydrogen) atoms. The third-order valence-corrected chi connectivity index (χ3v) is 3.94. The van der Waals surface area contributed by atoms with Gasteiger partial charge in [-0.25, -0.2) is 4.98 Å². The summed E-state index contributed by atoms with van der Waals surface area (Å²) in [4.78, 5) is 19.8. The Hall–Kier alpha value is -1.89. The smallest absolute Gasteiger partial charge is 0.281 e. The molecule has 3 heterocycles. The molecule has 0 atom stereocenters. The van der Waals surface area contributed by atoms with Crippen LogP contribution in [0.5, 0.6) is 0 Å². The van der Waals surface area contributed by atoms with Gasteiger partial charge in [-0.05, 0) is 13.3 Å². The second kappa shape index (κ2) is 5.48. The maximum absolute atomic E-state index is 12.8. The predicted molar refractivity (Wildman–Crippen MR) is 82.9 cm³/mol. The van der Waals surface area contributed by atoms with Crippen LogP contribution >= 0.6 is 0 Å². The molecule has 1 aliphatic heterocycles. The van der Waals surface area contributed by atoms with E-state index in [0.717, 1.165) is 49.8 Å². The first-order chi connectivity index (χ1) is 10.1. The highest BCUT2D eigenvalue weighted by atomic mass is 16.1. The average Bonchev–Trinajstić information content (AvgIpc) is 2.77. The van der Waals surface area contributed by atoms with E-state index < -0.39 is 0 Å². The lowest BCUT2D eigenvalue weighted by molar-refractivity contribution is 0.552. The first kappa shape index (κ1) is 14.1. The molecular weight excluding hydrogens is 268 g/mol. The SMILES string of the molecule is CCCn1c(N2CCNCC2)nc2c(C)nn(C)c2c1=O. The summed E-state index contributed by atoms with van der Waals surface area (Å²) in [6, 6.07) is 0. The Bertz CT molecular complexity index is 710. The molecule has 1 fully saturated rings. The van der Waals surface area contributed by atoms with Gasteiger partial charge in [0, 0.05) is 39.8 Å². The van der Waals surface area contributed by atoms with Gasteiger partial charge in [0.25, 0.3) is 5.56 Å². The van der Waals surface area contributed by atoms with E-state index in [2.05, 4.69) is 22.2 Å². The molecule has 0 radical (unpaired) electrons. The molecule has 0 unspecified atom stereocenters. The maximum Gasteiger partial charge on any atom is 0.281 e. The zero-order valence-corrected chi connectivity index (χ0v) is 12.9. The summed E-state index contributed by atoms with van der Waals surface area (Å²) in [7, 11) is 1.80. The fourth-order valence-corrected chi connectivity index (χ4v) is 2.93. The predicted octanol–water partition coefficient (Wildman–Crippen LogP) is 0.258. The second-order valence-electron chi connectivity index (χ2n) is 5.51. The molecule has 1 aliphatic rings. The molecule has 0 amide bonds. The number of fused-ring (bicyclic) bond motifs is 1. The minimum Gasteiger partial charge on any atom is -0.340 e. The zero-order chi connectivity index (χ0) is 15.0. The largest absolute Gasteiger partial charge is 0.340 e. The van der Waals surface area contributed by atoms with Gasteiger partial charge in [0.15, 0.2) is 5.52 Å². The van der Waals surface area contributed by atoms with E-state index in [1.54, 1.807) is 16.3 Å². The van der Waals surface area contributed by atoms with Crippen LogP contribution in [0.3, 0.4) is 0 Å². The van der Waals surface area contributed by atoms with Crippen molar-refractivity contribution < 1.29 is 0 Å². The minimum atomic E-state index is 0.0125. The molecule has 0 aromatic carbocycles. The molecule has 1 N–H and O–H groups in total. The Morgan fingerprint density at radius 1 is 1.29 bits per heavy atom. The fraction of sp³-hybridized carbons (Fsp3) is 0.643. The van der Waals surface area contributed by atoms with Gasteiger partial charge in [-0.2, -0.15) is 5.10 Å². The van der Waals surface area contributed by atoms with Crippen molar-refractivity contribution in [1.29, 1.82) is 0 Å². The molecule has 0 bridgehead atoms. The van der Waals surface area contributed by atoms with E-state index in [9.17, 15) is 4.79 Å². The number of hydrogen-bond acceptors (Lipinski definition) is 5. The molecule has 2 aromatic heterocycles. The monoisotopic (exact) mass is 290 g/mol. The maximum atomic E-state index is 12.8. The van der Waals surface area contributed by atoms with Crippen LogP contribution in [0.2, 0.25) is 0 Å². The third-order valence-electron chi connectivity index (χ3n) is 3.94. The quantitative estimate of drug-likeness (QED) is 0.878. The van der Waals surface area contributed by atoms with Gasteiger partial charge in [-0.15, -0.1) is 0 Å². The van der Waals surface area contributed by atoms with Gasteiger partial charge in [0.2, 0.25) is 5.95 Å². The number of aryl methyl sites for hydroxylation is 2. The van der Waals surface area contributed by atoms with Crippen LogP contribution in [-0.2, 0) is 13.6 Å². The van der Waals surface area contributed by atoms with Gasteiger partial charge >= 0.3 is 0 Å². The molecule has 3 rings (SSSR count). The van der Waals surface area contributed by atoms with E-state index in [4.69, 9.17) is 4.98 Å². The topological polar surface area (TPSA) is 68.0 Å². The Morgan fingerprint density at radius 3 is 2.67 bits per heavy atom. The molecule has 2 aromatic rings. The van der Waals surface area contributed by atoms with Crippen molar-refractivity contribution in [2.24, 2.45) is 7.05 Å². The van der Waals surface area contributed by atoms with Crippen molar-refractivity contribution in [3.63, 3.8) is 0 Å². The van der Waals surface area contributed by atoms with Crippen molar-refractivity contribution in [2.45, 2.75) is 26.8 Å². The van der Waals surface area contributed by atoms with Crippen LogP contribution in [0, 0.1) is 6.92 Å². The van der Waals surface area contributed by atoms with Crippen LogP contribution in [0.25, 0.3) is 11.0 Å². The molecule has 7 nitrogen and oxygen atoms in total. The van der Waals surface area contributed by atoms with E-state index in [0.29, 0.717) is 12.1 Å². The van der Waals surface area contributed by atoms with Crippen molar-refractivity contribution in [2.75, 3.05) is 31.1 Å². The summed E-state index contributed by atoms with van der Waals surface area (Å²) in [5.74, 6) is 0.784. The van der Waals surface area contributed by atoms with Crippen molar-refractivity contribution in [3.8, 4) is 0 Å². The van der Waals surface area contributed by atoms with E-state index >= 15 is 0 Å². The summed E-state index contributed by atoms with van der Waals surface area (Å²) < 4.78 is 3.45. The Kier molecular flexibility index (Phi) is 3.67. The van der Waals surface area contributed by atoms with Crippen LogP contribution < -0.4 is 15.8 Å². The number of aromatic nitrogens is 4. The summed E-state index contributed by atoms with van der Waals surface area (Å²) in [5.41, 5.74) is 2.14. The van der Waals surface area contributed by atoms with Gasteiger partial charge in [-0.3, -0.25) is 14.0 Å². The Labute approximate surface area is 123 Å². The Balaban J connectivity index is 2.23. The third kappa shape index (κ3) is 2.31. The van der Waals surface area contributed by atoms with Crippen LogP contribution in [-0.4, -0.2) is 45.5 Å². The first-order valence-corrected chi connectivity index (χ1v) is 7.53. The lowest BCUT2D eigenvalue weighted by Gasteiger charge is -2.30. The number of hydrogen-bond donors (Lipinski definition) is 1. The zero-order valence-electron chi connectivity index (χ0n) is 12.9. The van der Waals surface area contributed by atoms with E-state index in [1.165, 1.54) is 0 Å². The molecule has 114 valence electrons. The molecular formula is C14H22N6O. The number of nitrogens with one attached hydrogen (secondary N) is 1. The normalized spacial score (nSPS) is 15.9. The van der Waals surface area contributed by atoms with Crippen LogP contribution in [0.1, 0.15) is 19.0 Å². The number of rotatable bonds is 3. The Morgan fingerprint density at radius 2 is 2.00 bits per heavy atom. The average molecular weight is 290 g/mol. The van der Waals surface area contributed by atoms with Gasteiger partial charge in [0.05, 0.1) is 5.69 Å². The number of anilines is 1. The fourth-order valence-electron chi connectivity index (χ4n) is 2.93. The lowest BCUT2D eigenvalue weighted by atomic mass is 10.3. The lowest BCUT2D eigenvalue weighted by Crippen LogP contribution is -2.46. The second-order valence-corrected chi connectivity index (χ2v) is 5.51. The van der Waals surface area contributed by atoms with Gasteiger partial charge < -0.3 is 10.2 Å². The minimum absolute atomic E-state index is 0.0125. The first-order valence-electron chi connectivity index (χ1n) is 7.53. The van der Waals surface area contributed by atoms with E-state index in [-0.39, 0.29) is 5.56 Å². The van der Waals surface area contributed by atoms with Gasteiger partial charge in [-0.1, -0.05) is 6.92 Å². The summed E-state index contributed by atoms with van der Waals surface area (Å²) in [6.07, 6.45) is 0.906. The highest BCUT2D eigenvalue weighted by Gasteiger charge is 2.21. The van der Waals surface area contributed by atoms with Gasteiger partial charge in [0.1, 0.15) is 5.52 Å². The van der Waals surface area contributed by atoms with Crippen molar-refractivity contribution >= 4 is 17.0 Å². The summed E-state index contributed by atoms with van der Waals surface area (Å²) >= 11 is 0. The number of piperazine rings is 1. The highest BCUT2D eigenvalue weighted by molar-refractivity contribution is 5.77. The standard InChI is InChI=1S/C14H22N6O/c1-4-7-20-13(21)12-11(10(2)17-18(12)3)16-14(20)19-8-5-15-6-9-19/h15H,4-9H2,1-3H3. The van der Waals surface area contributed by atoms with E-state index in [1.807, 2.05) is 6.92 Å². The molecule has 0 saturated carbocycles. The van der Waals surface area contributed by atoms with Crippen molar-refractivity contribution in [3.05, 3.63) is 16.0 Å². The molecule has 7 heteroatoms. The highest BCUT2D eigenvalue weighted by Crippen LogP contribution is 2.18. The number of nitrogens with zero attached hydrogens (tertiary/aromatic N) is 5. The van der Waals surface area contributed by atoms with Crippen LogP contribution in [0.15, 0.2) is 4.79 Å². The molecule has 0 spiro atoms. The summed E-state index contributed by atoms with van der Waals surface area (Å²) in [5, 5.41) is 7.68.